The first-order chi connectivity index (χ1) is 12.5. The normalized spacial score (nSPS) is 27.4. The van der Waals surface area contributed by atoms with Gasteiger partial charge in [0, 0.05) is 11.7 Å². The van der Waals surface area contributed by atoms with Crippen LogP contribution >= 0.6 is 23.4 Å². The maximum Gasteiger partial charge on any atom is 0.145 e. The largest absolute Gasteiger partial charge is 0.328 e. The average Bonchev–Trinajstić information content (AvgIpc) is 2.96. The maximum atomic E-state index is 13.5. The highest BCUT2D eigenvalue weighted by Gasteiger charge is 2.41. The fraction of sp³-hybridized carbons (Fsp3) is 0.471. The molecule has 1 fully saturated rings. The van der Waals surface area contributed by atoms with E-state index in [1.807, 2.05) is 0 Å². The number of piperidine rings is 1. The summed E-state index contributed by atoms with van der Waals surface area (Å²) in [5.41, 5.74) is 13.4. The fourth-order valence-corrected chi connectivity index (χ4v) is 5.00. The molecule has 1 aromatic rings. The molecule has 26 heavy (non-hydrogen) atoms. The van der Waals surface area contributed by atoms with Gasteiger partial charge >= 0.3 is 0 Å². The molecule has 0 amide bonds. The van der Waals surface area contributed by atoms with E-state index in [9.17, 15) is 4.39 Å². The number of nitrogens with two attached hydrogens (primary N) is 2. The number of halogens is 2. The zero-order valence-electron chi connectivity index (χ0n) is 14.5. The lowest BCUT2D eigenvalue weighted by molar-refractivity contribution is 0.144. The van der Waals surface area contributed by atoms with E-state index in [2.05, 4.69) is 21.8 Å². The van der Waals surface area contributed by atoms with Crippen LogP contribution in [0.15, 0.2) is 33.9 Å². The van der Waals surface area contributed by atoms with Crippen molar-refractivity contribution < 1.29 is 4.39 Å². The lowest BCUT2D eigenvalue weighted by atomic mass is 10.0. The van der Waals surface area contributed by atoms with E-state index in [0.29, 0.717) is 11.7 Å². The van der Waals surface area contributed by atoms with Gasteiger partial charge in [-0.1, -0.05) is 23.4 Å². The number of hydrogen-bond donors (Lipinski definition) is 2. The van der Waals surface area contributed by atoms with Gasteiger partial charge in [0.2, 0.25) is 0 Å². The summed E-state index contributed by atoms with van der Waals surface area (Å²) >= 11 is 7.46. The molecular weight excluding hydrogens is 375 g/mol. The first-order valence-corrected chi connectivity index (χ1v) is 9.88. The monoisotopic (exact) mass is 396 g/mol. The summed E-state index contributed by atoms with van der Waals surface area (Å²) in [6.45, 7) is 2.11. The molecule has 1 saturated heterocycles. The minimum atomic E-state index is -0.455. The molecule has 1 aromatic carbocycles. The number of aliphatic imine (C=N–C) groups is 1. The number of thioether (sulfide) groups is 1. The first-order valence-electron chi connectivity index (χ1n) is 8.62. The third-order valence-corrected chi connectivity index (χ3v) is 6.58. The van der Waals surface area contributed by atoms with Crippen LogP contribution in [0.3, 0.4) is 0 Å². The van der Waals surface area contributed by atoms with Crippen LogP contribution in [-0.4, -0.2) is 54.0 Å². The summed E-state index contributed by atoms with van der Waals surface area (Å²) in [6, 6.07) is 4.91. The van der Waals surface area contributed by atoms with Gasteiger partial charge in [0.25, 0.3) is 0 Å². The Morgan fingerprint density at radius 3 is 2.69 bits per heavy atom. The molecule has 0 aliphatic carbocycles. The zero-order chi connectivity index (χ0) is 18.4. The number of hydrogen-bond acceptors (Lipinski definition) is 7. The summed E-state index contributed by atoms with van der Waals surface area (Å²) in [5.74, 6) is 0.414. The van der Waals surface area contributed by atoms with E-state index in [1.165, 1.54) is 6.07 Å². The summed E-state index contributed by atoms with van der Waals surface area (Å²) in [5, 5.41) is 0.0617. The summed E-state index contributed by atoms with van der Waals surface area (Å²) in [6.07, 6.45) is 3.39. The number of nitrogens with zero attached hydrogens (tertiary/aromatic N) is 4. The Balaban J connectivity index is 1.59. The minimum Gasteiger partial charge on any atom is -0.328 e. The predicted molar refractivity (Wildman–Crippen MR) is 105 cm³/mol. The molecule has 6 nitrogen and oxygen atoms in total. The maximum absolute atomic E-state index is 13.5. The predicted octanol–water partition coefficient (Wildman–Crippen LogP) is 2.17. The van der Waals surface area contributed by atoms with Gasteiger partial charge in [-0.3, -0.25) is 0 Å². The van der Waals surface area contributed by atoms with Crippen LogP contribution in [0, 0.1) is 5.82 Å². The van der Waals surface area contributed by atoms with Crippen LogP contribution < -0.4 is 16.4 Å². The molecule has 0 aromatic heterocycles. The van der Waals surface area contributed by atoms with Crippen molar-refractivity contribution in [3.8, 4) is 0 Å². The second kappa shape index (κ2) is 7.01. The Morgan fingerprint density at radius 1 is 1.27 bits per heavy atom. The molecule has 0 radical (unpaired) electrons. The van der Waals surface area contributed by atoms with Gasteiger partial charge in [-0.2, -0.15) is 0 Å². The van der Waals surface area contributed by atoms with Crippen molar-refractivity contribution in [3.05, 3.63) is 39.8 Å². The Hall–Kier alpha value is -1.32. The average molecular weight is 397 g/mol. The Bertz CT molecular complexity index is 764. The van der Waals surface area contributed by atoms with Gasteiger partial charge < -0.3 is 26.2 Å². The highest BCUT2D eigenvalue weighted by Crippen LogP contribution is 2.43. The molecule has 4 rings (SSSR count). The molecule has 2 unspecified atom stereocenters. The molecule has 0 spiro atoms. The third kappa shape index (κ3) is 3.10. The van der Waals surface area contributed by atoms with Crippen LogP contribution in [-0.2, 0) is 0 Å². The number of rotatable bonds is 2. The molecule has 140 valence electrons. The summed E-state index contributed by atoms with van der Waals surface area (Å²) in [7, 11) is 2.14. The molecule has 9 heteroatoms. The number of likely N-dealkylation sites (tertiary alicyclic amines) is 1. The van der Waals surface area contributed by atoms with Crippen molar-refractivity contribution in [2.45, 2.75) is 30.5 Å². The molecule has 3 heterocycles. The van der Waals surface area contributed by atoms with Gasteiger partial charge in [0.05, 0.1) is 16.3 Å². The van der Waals surface area contributed by atoms with E-state index < -0.39 is 12.0 Å². The smallest absolute Gasteiger partial charge is 0.145 e. The first kappa shape index (κ1) is 18.1. The summed E-state index contributed by atoms with van der Waals surface area (Å²) < 4.78 is 13.5. The molecule has 3 aliphatic rings. The standard InChI is InChI=1S/C17H22ClFN6S/c1-23-6-4-10(5-7-23)25-16-14(26-17(25)21)15(20)24(9-22-16)11-2-3-13(19)12(18)8-11/h2-3,8-10,15,17H,4-7,20-21H2,1H3. The van der Waals surface area contributed by atoms with Crippen LogP contribution in [0.2, 0.25) is 5.02 Å². The molecule has 3 aliphatic heterocycles. The lowest BCUT2D eigenvalue weighted by Gasteiger charge is -2.39. The van der Waals surface area contributed by atoms with Crippen molar-refractivity contribution >= 4 is 35.4 Å². The van der Waals surface area contributed by atoms with Gasteiger partial charge in [0.1, 0.15) is 23.3 Å². The van der Waals surface area contributed by atoms with E-state index >= 15 is 0 Å². The minimum absolute atomic E-state index is 0.0617. The number of anilines is 1. The lowest BCUT2D eigenvalue weighted by Crippen LogP contribution is -2.48. The van der Waals surface area contributed by atoms with Crippen molar-refractivity contribution in [1.82, 2.24) is 9.80 Å². The molecule has 2 atom stereocenters. The van der Waals surface area contributed by atoms with Crippen molar-refractivity contribution in [1.29, 1.82) is 0 Å². The van der Waals surface area contributed by atoms with Crippen LogP contribution in [0.5, 0.6) is 0 Å². The van der Waals surface area contributed by atoms with Crippen LogP contribution in [0.25, 0.3) is 0 Å². The molecular formula is C17H22ClFN6S. The van der Waals surface area contributed by atoms with Crippen molar-refractivity contribution in [2.24, 2.45) is 16.5 Å². The van der Waals surface area contributed by atoms with Crippen LogP contribution in [0.1, 0.15) is 12.8 Å². The van der Waals surface area contributed by atoms with E-state index in [4.69, 9.17) is 23.1 Å². The summed E-state index contributed by atoms with van der Waals surface area (Å²) in [4.78, 5) is 11.9. The Kier molecular flexibility index (Phi) is 4.87. The van der Waals surface area contributed by atoms with Crippen LogP contribution in [0.4, 0.5) is 10.1 Å². The highest BCUT2D eigenvalue weighted by molar-refractivity contribution is 8.03. The highest BCUT2D eigenvalue weighted by atomic mass is 35.5. The fourth-order valence-electron chi connectivity index (χ4n) is 3.66. The van der Waals surface area contributed by atoms with E-state index in [1.54, 1.807) is 35.1 Å². The van der Waals surface area contributed by atoms with Gasteiger partial charge in [-0.05, 0) is 51.2 Å². The Morgan fingerprint density at radius 2 is 2.00 bits per heavy atom. The van der Waals surface area contributed by atoms with Gasteiger partial charge in [-0.15, -0.1) is 0 Å². The van der Waals surface area contributed by atoms with E-state index in [0.717, 1.165) is 36.7 Å². The van der Waals surface area contributed by atoms with Crippen molar-refractivity contribution in [3.63, 3.8) is 0 Å². The topological polar surface area (TPSA) is 74.1 Å². The molecule has 0 saturated carbocycles. The molecule has 0 bridgehead atoms. The van der Waals surface area contributed by atoms with E-state index in [-0.39, 0.29) is 10.5 Å². The number of benzene rings is 1. The second-order valence-corrected chi connectivity index (χ2v) is 8.40. The quantitative estimate of drug-likeness (QED) is 0.798. The second-order valence-electron chi connectivity index (χ2n) is 6.83. The van der Waals surface area contributed by atoms with Crippen molar-refractivity contribution in [2.75, 3.05) is 25.0 Å². The zero-order valence-corrected chi connectivity index (χ0v) is 16.1. The third-order valence-electron chi connectivity index (χ3n) is 5.14. The molecule has 4 N–H and O–H groups in total. The van der Waals surface area contributed by atoms with Gasteiger partial charge in [0.15, 0.2) is 0 Å². The van der Waals surface area contributed by atoms with Gasteiger partial charge in [-0.25, -0.2) is 9.38 Å². The Labute approximate surface area is 161 Å². The SMILES string of the molecule is CN1CCC(N2C3=C(SC2N)C(N)N(c2ccc(F)c(Cl)c2)C=N3)CC1.